The van der Waals surface area contributed by atoms with Crippen molar-refractivity contribution in [3.05, 3.63) is 0 Å². The summed E-state index contributed by atoms with van der Waals surface area (Å²) in [6.07, 6.45) is 2.84. The van der Waals surface area contributed by atoms with E-state index in [2.05, 4.69) is 12.2 Å². The number of nitrogens with zero attached hydrogens (tertiary/aromatic N) is 3. The normalized spacial score (nSPS) is 24.3. The summed E-state index contributed by atoms with van der Waals surface area (Å²) in [4.78, 5) is 30.8. The fourth-order valence-electron chi connectivity index (χ4n) is 3.54. The van der Waals surface area contributed by atoms with E-state index in [1.807, 2.05) is 28.5 Å². The van der Waals surface area contributed by atoms with Crippen molar-refractivity contribution in [3.8, 4) is 0 Å². The molecule has 0 bridgehead atoms. The Kier molecular flexibility index (Phi) is 7.61. The molecule has 0 aromatic rings. The Morgan fingerprint density at radius 2 is 1.61 bits per heavy atom. The lowest BCUT2D eigenvalue weighted by Gasteiger charge is -2.40. The van der Waals surface area contributed by atoms with Crippen molar-refractivity contribution in [3.63, 3.8) is 0 Å². The van der Waals surface area contributed by atoms with Crippen LogP contribution in [0.25, 0.3) is 0 Å². The van der Waals surface area contributed by atoms with Crippen molar-refractivity contribution < 1.29 is 9.59 Å². The van der Waals surface area contributed by atoms with Gasteiger partial charge in [-0.3, -0.25) is 4.79 Å². The third-order valence-electron chi connectivity index (χ3n) is 5.13. The van der Waals surface area contributed by atoms with Crippen LogP contribution in [0.15, 0.2) is 0 Å². The highest BCUT2D eigenvalue weighted by Crippen LogP contribution is 2.26. The minimum absolute atomic E-state index is 0. The Morgan fingerprint density at radius 1 is 1.04 bits per heavy atom. The second kappa shape index (κ2) is 8.73. The Balaban J connectivity index is 0.00000264. The van der Waals surface area contributed by atoms with Crippen LogP contribution < -0.4 is 5.32 Å². The number of carbonyl (C=O) groups excluding carboxylic acids is 2. The summed E-state index contributed by atoms with van der Waals surface area (Å²) < 4.78 is 0. The zero-order valence-electron chi connectivity index (χ0n) is 14.6. The lowest BCUT2D eigenvalue weighted by atomic mass is 9.92. The highest BCUT2D eigenvalue weighted by molar-refractivity contribution is 5.87. The maximum absolute atomic E-state index is 12.8. The van der Waals surface area contributed by atoms with E-state index in [1.54, 1.807) is 0 Å². The number of piperazine rings is 1. The molecular weight excluding hydrogens is 316 g/mol. The molecule has 0 aromatic heterocycles. The maximum Gasteiger partial charge on any atom is 0.320 e. The van der Waals surface area contributed by atoms with Crippen molar-refractivity contribution in [1.29, 1.82) is 0 Å². The molecular formula is C16H31ClN4O2. The highest BCUT2D eigenvalue weighted by Gasteiger charge is 2.42. The summed E-state index contributed by atoms with van der Waals surface area (Å²) in [6, 6.07) is 0.0984. The first-order valence-electron chi connectivity index (χ1n) is 8.66. The first-order valence-corrected chi connectivity index (χ1v) is 8.66. The van der Waals surface area contributed by atoms with Gasteiger partial charge in [0.15, 0.2) is 0 Å². The molecule has 0 saturated carbocycles. The topological polar surface area (TPSA) is 55.9 Å². The van der Waals surface area contributed by atoms with Crippen molar-refractivity contribution in [2.24, 2.45) is 0 Å². The molecule has 134 valence electrons. The molecule has 0 spiro atoms. The number of amides is 3. The molecule has 0 aliphatic carbocycles. The molecule has 23 heavy (non-hydrogen) atoms. The Hall–Kier alpha value is -1.01. The summed E-state index contributed by atoms with van der Waals surface area (Å²) in [6.45, 7) is 11.0. The van der Waals surface area contributed by atoms with Crippen molar-refractivity contribution in [2.75, 3.05) is 45.8 Å². The monoisotopic (exact) mass is 346 g/mol. The molecule has 0 aromatic carbocycles. The van der Waals surface area contributed by atoms with Gasteiger partial charge in [-0.05, 0) is 39.7 Å². The average Bonchev–Trinajstić information content (AvgIpc) is 3.05. The molecule has 2 heterocycles. The van der Waals surface area contributed by atoms with Gasteiger partial charge >= 0.3 is 6.03 Å². The molecule has 7 heteroatoms. The molecule has 2 aliphatic heterocycles. The Morgan fingerprint density at radius 3 is 2.04 bits per heavy atom. The van der Waals surface area contributed by atoms with E-state index in [-0.39, 0.29) is 29.9 Å². The second-order valence-electron chi connectivity index (χ2n) is 6.20. The van der Waals surface area contributed by atoms with Gasteiger partial charge in [-0.15, -0.1) is 12.4 Å². The van der Waals surface area contributed by atoms with Crippen molar-refractivity contribution >= 4 is 24.3 Å². The van der Waals surface area contributed by atoms with Crippen LogP contribution in [0.4, 0.5) is 4.79 Å². The van der Waals surface area contributed by atoms with Crippen LogP contribution in [0.1, 0.15) is 40.0 Å². The predicted molar refractivity (Wildman–Crippen MR) is 94.0 cm³/mol. The van der Waals surface area contributed by atoms with Crippen LogP contribution >= 0.6 is 12.4 Å². The van der Waals surface area contributed by atoms with Crippen LogP contribution in [0.3, 0.4) is 0 Å². The van der Waals surface area contributed by atoms with Crippen LogP contribution in [0.5, 0.6) is 0 Å². The van der Waals surface area contributed by atoms with Gasteiger partial charge in [-0.1, -0.05) is 6.92 Å². The van der Waals surface area contributed by atoms with Gasteiger partial charge in [-0.2, -0.15) is 0 Å². The van der Waals surface area contributed by atoms with Gasteiger partial charge in [0.25, 0.3) is 0 Å². The van der Waals surface area contributed by atoms with Crippen LogP contribution in [-0.2, 0) is 4.79 Å². The van der Waals surface area contributed by atoms with Gasteiger partial charge in [0.05, 0.1) is 5.54 Å². The van der Waals surface area contributed by atoms with Gasteiger partial charge in [0.2, 0.25) is 5.91 Å². The van der Waals surface area contributed by atoms with Gasteiger partial charge < -0.3 is 20.0 Å². The number of carbonyl (C=O) groups is 2. The lowest BCUT2D eigenvalue weighted by Crippen LogP contribution is -2.60. The van der Waals surface area contributed by atoms with Crippen molar-refractivity contribution in [2.45, 2.75) is 45.6 Å². The van der Waals surface area contributed by atoms with E-state index in [9.17, 15) is 9.59 Å². The number of hydrogen-bond donors (Lipinski definition) is 1. The summed E-state index contributed by atoms with van der Waals surface area (Å²) in [5.74, 6) is 0.224. The molecule has 1 atom stereocenters. The van der Waals surface area contributed by atoms with Gasteiger partial charge in [-0.25, -0.2) is 4.79 Å². The largest absolute Gasteiger partial charge is 0.338 e. The number of urea groups is 1. The number of halogens is 1. The fraction of sp³-hybridized carbons (Fsp3) is 0.875. The second-order valence-corrected chi connectivity index (χ2v) is 6.20. The third kappa shape index (κ3) is 4.10. The molecule has 0 radical (unpaired) electrons. The van der Waals surface area contributed by atoms with E-state index in [1.165, 1.54) is 0 Å². The van der Waals surface area contributed by atoms with E-state index < -0.39 is 0 Å². The molecule has 3 amide bonds. The predicted octanol–water partition coefficient (Wildman–Crippen LogP) is 1.55. The first-order chi connectivity index (χ1) is 10.6. The fourth-order valence-corrected chi connectivity index (χ4v) is 3.54. The van der Waals surface area contributed by atoms with Gasteiger partial charge in [0, 0.05) is 39.3 Å². The zero-order chi connectivity index (χ0) is 16.2. The van der Waals surface area contributed by atoms with Crippen LogP contribution in [0.2, 0.25) is 0 Å². The van der Waals surface area contributed by atoms with E-state index in [4.69, 9.17) is 0 Å². The molecule has 1 unspecified atom stereocenters. The third-order valence-corrected chi connectivity index (χ3v) is 5.13. The zero-order valence-corrected chi connectivity index (χ0v) is 15.5. The van der Waals surface area contributed by atoms with E-state index in [0.29, 0.717) is 26.2 Å². The molecule has 2 rings (SSSR count). The number of rotatable bonds is 4. The molecule has 2 aliphatic rings. The molecule has 1 N–H and O–H groups in total. The smallest absolute Gasteiger partial charge is 0.320 e. The lowest BCUT2D eigenvalue weighted by molar-refractivity contribution is -0.139. The first kappa shape index (κ1) is 20.0. The molecule has 6 nitrogen and oxygen atoms in total. The summed E-state index contributed by atoms with van der Waals surface area (Å²) in [7, 11) is 0. The summed E-state index contributed by atoms with van der Waals surface area (Å²) in [5, 5.41) is 3.41. The number of hydrogen-bond acceptors (Lipinski definition) is 3. The average molecular weight is 347 g/mol. The molecule has 2 saturated heterocycles. The minimum Gasteiger partial charge on any atom is -0.338 e. The van der Waals surface area contributed by atoms with Crippen LogP contribution in [0, 0.1) is 0 Å². The van der Waals surface area contributed by atoms with E-state index >= 15 is 0 Å². The van der Waals surface area contributed by atoms with E-state index in [0.717, 1.165) is 38.9 Å². The quantitative estimate of drug-likeness (QED) is 0.840. The molecule has 2 fully saturated rings. The summed E-state index contributed by atoms with van der Waals surface area (Å²) in [5.41, 5.74) is -0.356. The minimum atomic E-state index is -0.356. The van der Waals surface area contributed by atoms with Crippen LogP contribution in [-0.4, -0.2) is 78.0 Å². The Bertz CT molecular complexity index is 401. The summed E-state index contributed by atoms with van der Waals surface area (Å²) >= 11 is 0. The standard InChI is InChI=1S/C16H30N4O2.ClH/c1-4-16(8-7-9-17-16)14(21)19-10-12-20(13-11-19)15(22)18(5-2)6-3;/h17H,4-13H2,1-3H3;1H. The highest BCUT2D eigenvalue weighted by atomic mass is 35.5. The number of nitrogens with one attached hydrogen (secondary N) is 1. The maximum atomic E-state index is 12.8. The SMILES string of the molecule is CCN(CC)C(=O)N1CCN(C(=O)C2(CC)CCCN2)CC1.Cl. The Labute approximate surface area is 146 Å². The van der Waals surface area contributed by atoms with Gasteiger partial charge in [0.1, 0.15) is 0 Å². The van der Waals surface area contributed by atoms with Crippen molar-refractivity contribution in [1.82, 2.24) is 20.0 Å².